The molecule has 0 atom stereocenters. The lowest BCUT2D eigenvalue weighted by Crippen LogP contribution is -2.31. The lowest BCUT2D eigenvalue weighted by atomic mass is 10.1. The zero-order valence-corrected chi connectivity index (χ0v) is 16.8. The van der Waals surface area contributed by atoms with Crippen LogP contribution in [0.4, 0.5) is 18.9 Å². The van der Waals surface area contributed by atoms with Crippen LogP contribution < -0.4 is 4.90 Å². The van der Waals surface area contributed by atoms with Gasteiger partial charge in [0.15, 0.2) is 5.71 Å². The summed E-state index contributed by atoms with van der Waals surface area (Å²) in [6.07, 6.45) is -3.93. The first-order valence-electron chi connectivity index (χ1n) is 9.84. The third-order valence-electron chi connectivity index (χ3n) is 4.97. The average molecular weight is 441 g/mol. The number of carbonyl (C=O) groups excluding carboxylic acids is 1. The SMILES string of the molecule is [C-]#[N+]CCCn1c(CN2C(=O)/C(=N/OCC(F)(F)F)c3ccccc32)nc2ccccc21. The van der Waals surface area contributed by atoms with Crippen molar-refractivity contribution in [2.45, 2.75) is 25.7 Å². The van der Waals surface area contributed by atoms with Gasteiger partial charge in [0.1, 0.15) is 5.82 Å². The number of aromatic nitrogens is 2. The maximum Gasteiger partial charge on any atom is 0.425 e. The number of amides is 1. The normalized spacial score (nSPS) is 14.8. The number of benzene rings is 2. The summed E-state index contributed by atoms with van der Waals surface area (Å²) in [5.41, 5.74) is 2.38. The van der Waals surface area contributed by atoms with Crippen LogP contribution in [0.2, 0.25) is 0 Å². The summed E-state index contributed by atoms with van der Waals surface area (Å²) in [7, 11) is 0. The molecule has 2 heterocycles. The maximum atomic E-state index is 13.1. The van der Waals surface area contributed by atoms with Gasteiger partial charge in [-0.2, -0.15) is 13.2 Å². The number of para-hydroxylation sites is 3. The molecule has 0 unspecified atom stereocenters. The van der Waals surface area contributed by atoms with Gasteiger partial charge in [-0.25, -0.2) is 11.6 Å². The van der Waals surface area contributed by atoms with Crippen molar-refractivity contribution in [1.29, 1.82) is 0 Å². The number of fused-ring (bicyclic) bond motifs is 2. The van der Waals surface area contributed by atoms with Crippen molar-refractivity contribution in [2.24, 2.45) is 5.16 Å². The minimum absolute atomic E-state index is 0.0981. The van der Waals surface area contributed by atoms with Gasteiger partial charge >= 0.3 is 6.18 Å². The number of imidazole rings is 1. The van der Waals surface area contributed by atoms with Gasteiger partial charge in [0.05, 0.1) is 23.3 Å². The highest BCUT2D eigenvalue weighted by Gasteiger charge is 2.36. The zero-order valence-electron chi connectivity index (χ0n) is 16.8. The average Bonchev–Trinajstić information content (AvgIpc) is 3.24. The molecule has 0 N–H and O–H groups in total. The number of rotatable bonds is 7. The highest BCUT2D eigenvalue weighted by molar-refractivity contribution is 6.54. The van der Waals surface area contributed by atoms with E-state index in [1.165, 1.54) is 4.90 Å². The minimum atomic E-state index is -4.55. The van der Waals surface area contributed by atoms with Crippen LogP contribution in [0.3, 0.4) is 0 Å². The number of nitrogens with zero attached hydrogens (tertiary/aromatic N) is 5. The van der Waals surface area contributed by atoms with E-state index in [9.17, 15) is 18.0 Å². The van der Waals surface area contributed by atoms with Gasteiger partial charge in [-0.05, 0) is 18.2 Å². The van der Waals surface area contributed by atoms with E-state index in [1.54, 1.807) is 24.3 Å². The van der Waals surface area contributed by atoms with Gasteiger partial charge in [0, 0.05) is 18.5 Å². The van der Waals surface area contributed by atoms with E-state index in [0.717, 1.165) is 11.0 Å². The third kappa shape index (κ3) is 4.27. The van der Waals surface area contributed by atoms with E-state index in [0.29, 0.717) is 36.6 Å². The smallest absolute Gasteiger partial charge is 0.385 e. The van der Waals surface area contributed by atoms with Crippen LogP contribution in [0.5, 0.6) is 0 Å². The summed E-state index contributed by atoms with van der Waals surface area (Å²) in [5, 5.41) is 3.49. The Bertz CT molecular complexity index is 1230. The number of oxime groups is 1. The van der Waals surface area contributed by atoms with Gasteiger partial charge in [0.2, 0.25) is 13.2 Å². The number of hydrogen-bond acceptors (Lipinski definition) is 4. The molecule has 3 aromatic rings. The molecule has 0 radical (unpaired) electrons. The van der Waals surface area contributed by atoms with Crippen LogP contribution in [-0.2, 0) is 22.7 Å². The molecule has 0 saturated carbocycles. The zero-order chi connectivity index (χ0) is 22.7. The first kappa shape index (κ1) is 21.4. The molecule has 0 bridgehead atoms. The summed E-state index contributed by atoms with van der Waals surface area (Å²) in [4.78, 5) is 26.9. The Morgan fingerprint density at radius 1 is 1.12 bits per heavy atom. The second-order valence-corrected chi connectivity index (χ2v) is 7.14. The van der Waals surface area contributed by atoms with Crippen LogP contribution in [0, 0.1) is 6.57 Å². The predicted octanol–water partition coefficient (Wildman–Crippen LogP) is 4.18. The number of aryl methyl sites for hydroxylation is 1. The molecule has 1 amide bonds. The number of carbonyl (C=O) groups is 1. The summed E-state index contributed by atoms with van der Waals surface area (Å²) in [6.45, 7) is 6.44. The number of halogens is 3. The largest absolute Gasteiger partial charge is 0.425 e. The van der Waals surface area contributed by atoms with E-state index < -0.39 is 18.7 Å². The van der Waals surface area contributed by atoms with E-state index in [1.807, 2.05) is 28.8 Å². The van der Waals surface area contributed by atoms with E-state index >= 15 is 0 Å². The van der Waals surface area contributed by atoms with Crippen LogP contribution in [-0.4, -0.2) is 40.5 Å². The lowest BCUT2D eigenvalue weighted by Gasteiger charge is -2.17. The molecule has 164 valence electrons. The molecule has 4 rings (SSSR count). The number of alkyl halides is 3. The summed E-state index contributed by atoms with van der Waals surface area (Å²) < 4.78 is 39.3. The highest BCUT2D eigenvalue weighted by atomic mass is 19.4. The van der Waals surface area contributed by atoms with E-state index in [-0.39, 0.29) is 12.3 Å². The van der Waals surface area contributed by atoms with Crippen molar-refractivity contribution in [2.75, 3.05) is 18.1 Å². The second-order valence-electron chi connectivity index (χ2n) is 7.14. The quantitative estimate of drug-likeness (QED) is 0.314. The first-order chi connectivity index (χ1) is 15.4. The van der Waals surface area contributed by atoms with Crippen molar-refractivity contribution >= 4 is 28.3 Å². The van der Waals surface area contributed by atoms with Gasteiger partial charge < -0.3 is 14.2 Å². The van der Waals surface area contributed by atoms with Gasteiger partial charge in [-0.1, -0.05) is 35.5 Å². The molecule has 10 heteroatoms. The summed E-state index contributed by atoms with van der Waals surface area (Å²) >= 11 is 0. The van der Waals surface area contributed by atoms with Crippen LogP contribution >= 0.6 is 0 Å². The van der Waals surface area contributed by atoms with Crippen molar-refractivity contribution in [1.82, 2.24) is 9.55 Å². The first-order valence-corrected chi connectivity index (χ1v) is 9.84. The van der Waals surface area contributed by atoms with Crippen molar-refractivity contribution in [3.63, 3.8) is 0 Å². The van der Waals surface area contributed by atoms with Crippen LogP contribution in [0.1, 0.15) is 17.8 Å². The Hall–Kier alpha value is -3.87. The minimum Gasteiger partial charge on any atom is -0.385 e. The van der Waals surface area contributed by atoms with Crippen molar-refractivity contribution < 1.29 is 22.8 Å². The monoisotopic (exact) mass is 441 g/mol. The molecule has 32 heavy (non-hydrogen) atoms. The molecule has 1 aromatic heterocycles. The van der Waals surface area contributed by atoms with Crippen LogP contribution in [0.15, 0.2) is 53.7 Å². The van der Waals surface area contributed by atoms with Gasteiger partial charge in [-0.3, -0.25) is 9.69 Å². The standard InChI is InChI=1S/C22H18F3N5O2/c1-26-11-6-12-29-18-10-5-3-8-16(18)27-19(29)13-30-17-9-4-2-7-15(17)20(21(30)31)28-32-14-22(23,24)25/h2-5,7-10H,6,11-14H2/b28-20+. The number of hydrogen-bond donors (Lipinski definition) is 0. The topological polar surface area (TPSA) is 64.1 Å². The lowest BCUT2D eigenvalue weighted by molar-refractivity contribution is -0.173. The Morgan fingerprint density at radius 2 is 1.88 bits per heavy atom. The summed E-state index contributed by atoms with van der Waals surface area (Å²) in [5.74, 6) is 0.0462. The molecule has 1 aliphatic heterocycles. The summed E-state index contributed by atoms with van der Waals surface area (Å²) in [6, 6.07) is 14.3. The fourth-order valence-corrected chi connectivity index (χ4v) is 3.62. The van der Waals surface area contributed by atoms with Crippen molar-refractivity contribution in [3.05, 3.63) is 71.3 Å². The fraction of sp³-hybridized carbons (Fsp3) is 0.273. The van der Waals surface area contributed by atoms with E-state index in [4.69, 9.17) is 6.57 Å². The molecule has 1 aliphatic rings. The molecular weight excluding hydrogens is 423 g/mol. The highest BCUT2D eigenvalue weighted by Crippen LogP contribution is 2.31. The third-order valence-corrected chi connectivity index (χ3v) is 4.97. The fourth-order valence-electron chi connectivity index (χ4n) is 3.62. The van der Waals surface area contributed by atoms with Gasteiger partial charge in [0.25, 0.3) is 5.91 Å². The maximum absolute atomic E-state index is 13.1. The van der Waals surface area contributed by atoms with E-state index in [2.05, 4.69) is 19.8 Å². The number of anilines is 1. The molecule has 7 nitrogen and oxygen atoms in total. The Morgan fingerprint density at radius 3 is 2.66 bits per heavy atom. The molecule has 2 aromatic carbocycles. The Balaban J connectivity index is 1.67. The molecule has 0 spiro atoms. The Kier molecular flexibility index (Phi) is 5.81. The molecule has 0 aliphatic carbocycles. The predicted molar refractivity (Wildman–Crippen MR) is 112 cm³/mol. The Labute approximate surface area is 181 Å². The van der Waals surface area contributed by atoms with Crippen LogP contribution in [0.25, 0.3) is 15.9 Å². The molecule has 0 saturated heterocycles. The van der Waals surface area contributed by atoms with Crippen molar-refractivity contribution in [3.8, 4) is 0 Å². The molecular formula is C22H18F3N5O2. The van der Waals surface area contributed by atoms with Gasteiger partial charge in [-0.15, -0.1) is 0 Å². The second kappa shape index (κ2) is 8.70. The molecule has 0 fully saturated rings.